The predicted octanol–water partition coefficient (Wildman–Crippen LogP) is 1.78. The summed E-state index contributed by atoms with van der Waals surface area (Å²) >= 11 is 0. The van der Waals surface area contributed by atoms with E-state index in [9.17, 15) is 10.2 Å². The van der Waals surface area contributed by atoms with Crippen molar-refractivity contribution in [3.05, 3.63) is 59.7 Å². The van der Waals surface area contributed by atoms with Gasteiger partial charge >= 0.3 is 27.3 Å². The van der Waals surface area contributed by atoms with Crippen LogP contribution in [0.4, 0.5) is 0 Å². The van der Waals surface area contributed by atoms with E-state index in [4.69, 9.17) is 0 Å². The molecule has 0 aliphatic carbocycles. The molecule has 0 atom stereocenters. The van der Waals surface area contributed by atoms with Crippen LogP contribution >= 0.6 is 0 Å². The predicted molar refractivity (Wildman–Crippen MR) is 69.7 cm³/mol. The zero-order valence-electron chi connectivity index (χ0n) is 10.4. The molecule has 0 amide bonds. The second-order valence-electron chi connectivity index (χ2n) is 4.67. The molecular weight excluding hydrogens is 419 g/mol. The van der Waals surface area contributed by atoms with E-state index < -0.39 is 0 Å². The topological polar surface area (TPSA) is 46.1 Å². The van der Waals surface area contributed by atoms with Crippen molar-refractivity contribution >= 4 is 27.3 Å². The third kappa shape index (κ3) is 3.04. The summed E-state index contributed by atoms with van der Waals surface area (Å²) in [7, 11) is 0. The Bertz CT molecular complexity index is 454. The number of hydrogen-bond acceptors (Lipinski definition) is 2. The normalized spacial score (nSPS) is 10.8. The second kappa shape index (κ2) is 5.73. The van der Waals surface area contributed by atoms with Crippen molar-refractivity contribution in [1.82, 2.24) is 0 Å². The Labute approximate surface area is 127 Å². The Morgan fingerprint density at radius 3 is 1.22 bits per heavy atom. The summed E-state index contributed by atoms with van der Waals surface area (Å²) in [5, 5.41) is 22.2. The fourth-order valence-corrected chi connectivity index (χ4v) is 1.91. The van der Waals surface area contributed by atoms with Crippen molar-refractivity contribution in [3.8, 4) is 11.5 Å². The van der Waals surface area contributed by atoms with Gasteiger partial charge in [0.2, 0.25) is 0 Å². The van der Waals surface area contributed by atoms with Gasteiger partial charge in [0.15, 0.2) is 0 Å². The molecule has 0 spiro atoms. The summed E-state index contributed by atoms with van der Waals surface area (Å²) in [6.45, 7) is 4.15. The number of hydrogen-bond donors (Lipinski definition) is 0. The van der Waals surface area contributed by atoms with Crippen molar-refractivity contribution < 1.29 is 10.2 Å². The van der Waals surface area contributed by atoms with Crippen LogP contribution in [0.2, 0.25) is 0 Å². The van der Waals surface area contributed by atoms with Crippen LogP contribution in [0.5, 0.6) is 11.5 Å². The average molecular weight is 433 g/mol. The summed E-state index contributed by atoms with van der Waals surface area (Å²) in [5.41, 5.74) is 1.92. The van der Waals surface area contributed by atoms with Gasteiger partial charge < -0.3 is 10.2 Å². The fourth-order valence-electron chi connectivity index (χ4n) is 1.91. The Morgan fingerprint density at radius 2 is 0.944 bits per heavy atom. The first-order valence-electron chi connectivity index (χ1n) is 5.55. The van der Waals surface area contributed by atoms with Gasteiger partial charge in [0.25, 0.3) is 0 Å². The van der Waals surface area contributed by atoms with Gasteiger partial charge in [-0.2, -0.15) is 0 Å². The van der Waals surface area contributed by atoms with E-state index in [1.807, 2.05) is 24.3 Å². The molecule has 0 N–H and O–H groups in total. The first-order chi connectivity index (χ1) is 8.00. The maximum atomic E-state index is 11.1. The third-order valence-electron chi connectivity index (χ3n) is 3.15. The zero-order chi connectivity index (χ0) is 12.5. The molecule has 90 valence electrons. The molecule has 0 bridgehead atoms. The number of benzene rings is 2. The van der Waals surface area contributed by atoms with E-state index in [-0.39, 0.29) is 44.2 Å². The molecule has 0 aromatic heterocycles. The summed E-state index contributed by atoms with van der Waals surface area (Å²) in [4.78, 5) is 0. The zero-order valence-corrected chi connectivity index (χ0v) is 14.3. The van der Waals surface area contributed by atoms with Crippen molar-refractivity contribution in [2.75, 3.05) is 0 Å². The molecule has 3 heteroatoms. The van der Waals surface area contributed by atoms with Crippen LogP contribution in [0.1, 0.15) is 25.0 Å². The SMILES string of the molecule is CC(C)(c1ccc([O-])cc1)c1ccc([O-])cc1.[Pb+2]. The molecule has 0 saturated heterocycles. The minimum atomic E-state index is -0.207. The molecule has 0 unspecified atom stereocenters. The van der Waals surface area contributed by atoms with Crippen LogP contribution in [0, 0.1) is 0 Å². The molecule has 2 aromatic rings. The molecule has 0 heterocycles. The fraction of sp³-hybridized carbons (Fsp3) is 0.200. The van der Waals surface area contributed by atoms with E-state index in [0.717, 1.165) is 11.1 Å². The van der Waals surface area contributed by atoms with E-state index >= 15 is 0 Å². The average Bonchev–Trinajstić information content (AvgIpc) is 2.30. The molecule has 0 aliphatic heterocycles. The van der Waals surface area contributed by atoms with Gasteiger partial charge in [-0.3, -0.25) is 0 Å². The van der Waals surface area contributed by atoms with Crippen molar-refractivity contribution in [2.24, 2.45) is 0 Å². The van der Waals surface area contributed by atoms with Crippen LogP contribution in [-0.4, -0.2) is 27.3 Å². The van der Waals surface area contributed by atoms with Gasteiger partial charge in [0, 0.05) is 5.41 Å². The van der Waals surface area contributed by atoms with Crippen LogP contribution in [0.15, 0.2) is 48.5 Å². The van der Waals surface area contributed by atoms with Gasteiger partial charge in [-0.25, -0.2) is 0 Å². The molecule has 0 aliphatic rings. The quantitative estimate of drug-likeness (QED) is 0.678. The smallest absolute Gasteiger partial charge is 0.872 e. The Morgan fingerprint density at radius 1 is 0.667 bits per heavy atom. The molecule has 0 fully saturated rings. The molecule has 2 aromatic carbocycles. The Hall–Kier alpha value is -1.04. The van der Waals surface area contributed by atoms with Crippen LogP contribution in [-0.2, 0) is 5.41 Å². The molecule has 18 heavy (non-hydrogen) atoms. The first-order valence-corrected chi connectivity index (χ1v) is 5.55. The molecule has 2 rings (SSSR count). The maximum Gasteiger partial charge on any atom is 2.00 e. The van der Waals surface area contributed by atoms with Crippen LogP contribution < -0.4 is 10.2 Å². The van der Waals surface area contributed by atoms with Gasteiger partial charge in [-0.1, -0.05) is 62.4 Å². The third-order valence-corrected chi connectivity index (χ3v) is 3.15. The molecular formula is C15H14O2Pb. The minimum Gasteiger partial charge on any atom is -0.872 e. The Balaban J connectivity index is 0.00000162. The van der Waals surface area contributed by atoms with Gasteiger partial charge in [0.05, 0.1) is 0 Å². The summed E-state index contributed by atoms with van der Waals surface area (Å²) in [5.74, 6) is 0.0268. The van der Waals surface area contributed by atoms with Gasteiger partial charge in [0.1, 0.15) is 0 Å². The van der Waals surface area contributed by atoms with Gasteiger partial charge in [-0.15, -0.1) is 11.5 Å². The van der Waals surface area contributed by atoms with E-state index in [1.165, 1.54) is 0 Å². The van der Waals surface area contributed by atoms with E-state index in [1.54, 1.807) is 24.3 Å². The first kappa shape index (κ1) is 15.0. The van der Waals surface area contributed by atoms with E-state index in [2.05, 4.69) is 13.8 Å². The van der Waals surface area contributed by atoms with Crippen molar-refractivity contribution in [2.45, 2.75) is 19.3 Å². The summed E-state index contributed by atoms with van der Waals surface area (Å²) in [6.07, 6.45) is 0. The summed E-state index contributed by atoms with van der Waals surface area (Å²) in [6, 6.07) is 13.6. The second-order valence-corrected chi connectivity index (χ2v) is 4.67. The molecule has 2 nitrogen and oxygen atoms in total. The summed E-state index contributed by atoms with van der Waals surface area (Å²) < 4.78 is 0. The largest absolute Gasteiger partial charge is 2.00 e. The molecule has 2 radical (unpaired) electrons. The van der Waals surface area contributed by atoms with Gasteiger partial charge in [-0.05, 0) is 11.1 Å². The van der Waals surface area contributed by atoms with Crippen LogP contribution in [0.3, 0.4) is 0 Å². The Kier molecular flexibility index (Phi) is 4.79. The van der Waals surface area contributed by atoms with Crippen molar-refractivity contribution in [1.29, 1.82) is 0 Å². The maximum absolute atomic E-state index is 11.1. The monoisotopic (exact) mass is 434 g/mol. The molecule has 0 saturated carbocycles. The van der Waals surface area contributed by atoms with Crippen molar-refractivity contribution in [3.63, 3.8) is 0 Å². The minimum absolute atomic E-state index is 0. The van der Waals surface area contributed by atoms with Crippen LogP contribution in [0.25, 0.3) is 0 Å². The standard InChI is InChI=1S/C15H16O2.Pb/c1-15(2,11-3-7-13(16)8-4-11)12-5-9-14(17)10-6-12;/h3-10,16-17H,1-2H3;/q;+2/p-2. The number of rotatable bonds is 2. The van der Waals surface area contributed by atoms with E-state index in [0.29, 0.717) is 0 Å².